The van der Waals surface area contributed by atoms with Crippen molar-refractivity contribution in [3.8, 4) is 0 Å². The summed E-state index contributed by atoms with van der Waals surface area (Å²) in [7, 11) is 0. The van der Waals surface area contributed by atoms with Crippen LogP contribution >= 0.6 is 0 Å². The summed E-state index contributed by atoms with van der Waals surface area (Å²) in [6, 6.07) is 0.706. The molecule has 0 aromatic heterocycles. The molecule has 1 fully saturated rings. The van der Waals surface area contributed by atoms with E-state index in [1.807, 2.05) is 0 Å². The fraction of sp³-hybridized carbons (Fsp3) is 1.00. The highest BCUT2D eigenvalue weighted by atomic mass is 15.1. The van der Waals surface area contributed by atoms with Gasteiger partial charge in [0.15, 0.2) is 0 Å². The fourth-order valence-corrected chi connectivity index (χ4v) is 2.54. The largest absolute Gasteiger partial charge is 0.314 e. The van der Waals surface area contributed by atoms with Crippen molar-refractivity contribution >= 4 is 0 Å². The molecular weight excluding hydrogens is 196 g/mol. The smallest absolute Gasteiger partial charge is 0.00679 e. The maximum absolute atomic E-state index is 3.70. The first-order valence-corrected chi connectivity index (χ1v) is 7.09. The van der Waals surface area contributed by atoms with Gasteiger partial charge in [-0.15, -0.1) is 0 Å². The Kier molecular flexibility index (Phi) is 6.37. The molecule has 1 saturated heterocycles. The van der Waals surface area contributed by atoms with Crippen LogP contribution in [0, 0.1) is 11.8 Å². The molecule has 0 spiro atoms. The molecule has 96 valence electrons. The van der Waals surface area contributed by atoms with Crippen molar-refractivity contribution < 1.29 is 0 Å². The first kappa shape index (κ1) is 14.0. The predicted octanol–water partition coefficient (Wildman–Crippen LogP) is 2.74. The predicted molar refractivity (Wildman–Crippen MR) is 71.8 cm³/mol. The molecule has 1 aliphatic heterocycles. The summed E-state index contributed by atoms with van der Waals surface area (Å²) in [6.07, 6.45) is 4.06. The molecule has 1 aliphatic rings. The molecule has 16 heavy (non-hydrogen) atoms. The first-order valence-electron chi connectivity index (χ1n) is 7.09. The first-order chi connectivity index (χ1) is 7.63. The Morgan fingerprint density at radius 3 is 2.31 bits per heavy atom. The van der Waals surface area contributed by atoms with E-state index in [0.29, 0.717) is 6.04 Å². The van der Waals surface area contributed by atoms with Crippen molar-refractivity contribution in [2.75, 3.05) is 26.2 Å². The molecule has 2 heteroatoms. The number of nitrogens with one attached hydrogen (secondary N) is 1. The standard InChI is InChI=1S/C14H30N2/c1-5-16-10-7-14(8-11-16)13(4)15-9-6-12(2)3/h12-15H,5-11H2,1-4H3. The molecule has 0 amide bonds. The summed E-state index contributed by atoms with van der Waals surface area (Å²) in [5.41, 5.74) is 0. The highest BCUT2D eigenvalue weighted by molar-refractivity contribution is 4.79. The molecule has 1 unspecified atom stereocenters. The maximum Gasteiger partial charge on any atom is 0.00679 e. The highest BCUT2D eigenvalue weighted by Gasteiger charge is 2.22. The van der Waals surface area contributed by atoms with Crippen LogP contribution in [0.4, 0.5) is 0 Å². The number of rotatable bonds is 6. The second kappa shape index (κ2) is 7.29. The van der Waals surface area contributed by atoms with Crippen LogP contribution in [-0.4, -0.2) is 37.1 Å². The third kappa shape index (κ3) is 4.84. The average molecular weight is 226 g/mol. The third-order valence-corrected chi connectivity index (χ3v) is 3.97. The number of likely N-dealkylation sites (tertiary alicyclic amines) is 1. The Hall–Kier alpha value is -0.0800. The van der Waals surface area contributed by atoms with E-state index < -0.39 is 0 Å². The monoisotopic (exact) mass is 226 g/mol. The molecule has 1 atom stereocenters. The van der Waals surface area contributed by atoms with Crippen LogP contribution in [0.25, 0.3) is 0 Å². The quantitative estimate of drug-likeness (QED) is 0.749. The summed E-state index contributed by atoms with van der Waals surface area (Å²) in [5.74, 6) is 1.72. The van der Waals surface area contributed by atoms with Crippen molar-refractivity contribution in [2.24, 2.45) is 11.8 Å². The van der Waals surface area contributed by atoms with Gasteiger partial charge in [-0.25, -0.2) is 0 Å². The second-order valence-electron chi connectivity index (χ2n) is 5.70. The molecule has 0 aromatic carbocycles. The van der Waals surface area contributed by atoms with Crippen molar-refractivity contribution in [3.63, 3.8) is 0 Å². The average Bonchev–Trinajstić information content (AvgIpc) is 2.28. The van der Waals surface area contributed by atoms with Gasteiger partial charge in [0, 0.05) is 6.04 Å². The molecule has 2 nitrogen and oxygen atoms in total. The van der Waals surface area contributed by atoms with Crippen molar-refractivity contribution in [3.05, 3.63) is 0 Å². The van der Waals surface area contributed by atoms with Crippen molar-refractivity contribution in [1.29, 1.82) is 0 Å². The van der Waals surface area contributed by atoms with Gasteiger partial charge in [0.25, 0.3) is 0 Å². The number of piperidine rings is 1. The van der Waals surface area contributed by atoms with Gasteiger partial charge in [-0.2, -0.15) is 0 Å². The Bertz CT molecular complexity index is 172. The van der Waals surface area contributed by atoms with Crippen molar-refractivity contribution in [1.82, 2.24) is 10.2 Å². The Morgan fingerprint density at radius 1 is 1.19 bits per heavy atom. The van der Waals surface area contributed by atoms with E-state index in [0.717, 1.165) is 11.8 Å². The molecule has 0 aromatic rings. The maximum atomic E-state index is 3.70. The van der Waals surface area contributed by atoms with Crippen LogP contribution in [0.1, 0.15) is 47.0 Å². The molecule has 0 bridgehead atoms. The molecule has 0 aliphatic carbocycles. The van der Waals surface area contributed by atoms with Crippen LogP contribution in [0.5, 0.6) is 0 Å². The summed E-state index contributed by atoms with van der Waals surface area (Å²) in [5, 5.41) is 3.70. The van der Waals surface area contributed by atoms with E-state index in [1.165, 1.54) is 45.4 Å². The lowest BCUT2D eigenvalue weighted by Crippen LogP contribution is -2.42. The minimum Gasteiger partial charge on any atom is -0.314 e. The SMILES string of the molecule is CCN1CCC(C(C)NCCC(C)C)CC1. The van der Waals surface area contributed by atoms with Gasteiger partial charge in [0.2, 0.25) is 0 Å². The van der Waals surface area contributed by atoms with Gasteiger partial charge < -0.3 is 10.2 Å². The lowest BCUT2D eigenvalue weighted by molar-refractivity contribution is 0.168. The molecular formula is C14H30N2. The van der Waals surface area contributed by atoms with Crippen LogP contribution in [0.3, 0.4) is 0 Å². The lowest BCUT2D eigenvalue weighted by Gasteiger charge is -2.34. The van der Waals surface area contributed by atoms with Gasteiger partial charge in [0.1, 0.15) is 0 Å². The highest BCUT2D eigenvalue weighted by Crippen LogP contribution is 2.20. The minimum absolute atomic E-state index is 0.706. The van der Waals surface area contributed by atoms with Crippen LogP contribution in [-0.2, 0) is 0 Å². The molecule has 1 N–H and O–H groups in total. The molecule has 1 heterocycles. The van der Waals surface area contributed by atoms with Crippen molar-refractivity contribution in [2.45, 2.75) is 53.0 Å². The molecule has 1 rings (SSSR count). The fourth-order valence-electron chi connectivity index (χ4n) is 2.54. The van der Waals surface area contributed by atoms with E-state index in [-0.39, 0.29) is 0 Å². The normalized spacial score (nSPS) is 21.6. The molecule has 0 radical (unpaired) electrons. The van der Waals surface area contributed by atoms with Crippen LogP contribution in [0.2, 0.25) is 0 Å². The van der Waals surface area contributed by atoms with Gasteiger partial charge in [-0.1, -0.05) is 20.8 Å². The number of hydrogen-bond acceptors (Lipinski definition) is 2. The van der Waals surface area contributed by atoms with Gasteiger partial charge in [-0.3, -0.25) is 0 Å². The summed E-state index contributed by atoms with van der Waals surface area (Å²) < 4.78 is 0. The van der Waals surface area contributed by atoms with Gasteiger partial charge in [0.05, 0.1) is 0 Å². The third-order valence-electron chi connectivity index (χ3n) is 3.97. The van der Waals surface area contributed by atoms with E-state index in [4.69, 9.17) is 0 Å². The Labute approximate surface area is 102 Å². The number of hydrogen-bond donors (Lipinski definition) is 1. The van der Waals surface area contributed by atoms with E-state index >= 15 is 0 Å². The Morgan fingerprint density at radius 2 is 1.81 bits per heavy atom. The second-order valence-corrected chi connectivity index (χ2v) is 5.70. The van der Waals surface area contributed by atoms with E-state index in [2.05, 4.69) is 37.9 Å². The summed E-state index contributed by atoms with van der Waals surface area (Å²) >= 11 is 0. The zero-order chi connectivity index (χ0) is 12.0. The van der Waals surface area contributed by atoms with E-state index in [9.17, 15) is 0 Å². The van der Waals surface area contributed by atoms with Crippen LogP contribution < -0.4 is 5.32 Å². The van der Waals surface area contributed by atoms with E-state index in [1.54, 1.807) is 0 Å². The lowest BCUT2D eigenvalue weighted by atomic mass is 9.90. The van der Waals surface area contributed by atoms with Crippen LogP contribution in [0.15, 0.2) is 0 Å². The topological polar surface area (TPSA) is 15.3 Å². The summed E-state index contributed by atoms with van der Waals surface area (Å²) in [4.78, 5) is 2.57. The Balaban J connectivity index is 2.15. The van der Waals surface area contributed by atoms with Gasteiger partial charge in [-0.05, 0) is 64.2 Å². The number of nitrogens with zero attached hydrogens (tertiary/aromatic N) is 1. The summed E-state index contributed by atoms with van der Waals surface area (Å²) in [6.45, 7) is 14.2. The molecule has 0 saturated carbocycles. The zero-order valence-electron chi connectivity index (χ0n) is 11.6. The zero-order valence-corrected chi connectivity index (χ0v) is 11.6. The van der Waals surface area contributed by atoms with Gasteiger partial charge >= 0.3 is 0 Å². The minimum atomic E-state index is 0.706.